The molecule has 0 spiro atoms. The van der Waals surface area contributed by atoms with Crippen LogP contribution in [0.3, 0.4) is 0 Å². The van der Waals surface area contributed by atoms with Crippen LogP contribution in [0, 0.1) is 3.57 Å². The van der Waals surface area contributed by atoms with E-state index in [-0.39, 0.29) is 5.97 Å². The molecule has 1 aromatic heterocycles. The SMILES string of the molecule is O=C(Oc1ccc2oc3ccccc3c2c1)c1cccc(I)c1. The number of fused-ring (bicyclic) bond motifs is 3. The number of halogens is 1. The highest BCUT2D eigenvalue weighted by atomic mass is 127. The maximum absolute atomic E-state index is 12.3. The second kappa shape index (κ2) is 5.70. The Morgan fingerprint density at radius 2 is 1.70 bits per heavy atom. The molecule has 3 aromatic carbocycles. The first-order valence-electron chi connectivity index (χ1n) is 7.10. The number of carbonyl (C=O) groups is 1. The molecular weight excluding hydrogens is 403 g/mol. The van der Waals surface area contributed by atoms with Gasteiger partial charge in [0.25, 0.3) is 0 Å². The lowest BCUT2D eigenvalue weighted by atomic mass is 10.1. The Morgan fingerprint density at radius 1 is 0.870 bits per heavy atom. The van der Waals surface area contributed by atoms with Gasteiger partial charge in [0.15, 0.2) is 0 Å². The molecule has 112 valence electrons. The van der Waals surface area contributed by atoms with Crippen molar-refractivity contribution in [3.8, 4) is 5.75 Å². The Kier molecular flexibility index (Phi) is 3.53. The van der Waals surface area contributed by atoms with Crippen LogP contribution >= 0.6 is 22.6 Å². The first-order valence-corrected chi connectivity index (χ1v) is 8.18. The highest BCUT2D eigenvalue weighted by molar-refractivity contribution is 14.1. The van der Waals surface area contributed by atoms with Crippen LogP contribution in [0.5, 0.6) is 5.75 Å². The van der Waals surface area contributed by atoms with Crippen LogP contribution in [-0.4, -0.2) is 5.97 Å². The van der Waals surface area contributed by atoms with Crippen LogP contribution in [-0.2, 0) is 0 Å². The molecule has 1 heterocycles. The third-order valence-electron chi connectivity index (χ3n) is 3.62. The normalized spacial score (nSPS) is 11.0. The number of benzene rings is 3. The molecule has 0 radical (unpaired) electrons. The van der Waals surface area contributed by atoms with Crippen molar-refractivity contribution < 1.29 is 13.9 Å². The van der Waals surface area contributed by atoms with E-state index >= 15 is 0 Å². The molecule has 0 aliphatic rings. The number of hydrogen-bond donors (Lipinski definition) is 0. The lowest BCUT2D eigenvalue weighted by Gasteiger charge is -2.04. The van der Waals surface area contributed by atoms with Crippen LogP contribution in [0.1, 0.15) is 10.4 Å². The molecule has 0 atom stereocenters. The molecule has 4 rings (SSSR count). The van der Waals surface area contributed by atoms with Gasteiger partial charge in [-0.3, -0.25) is 0 Å². The smallest absolute Gasteiger partial charge is 0.343 e. The van der Waals surface area contributed by atoms with Gasteiger partial charge in [-0.25, -0.2) is 4.79 Å². The Bertz CT molecular complexity index is 1030. The van der Waals surface area contributed by atoms with Gasteiger partial charge in [-0.1, -0.05) is 24.3 Å². The van der Waals surface area contributed by atoms with Crippen molar-refractivity contribution in [3.63, 3.8) is 0 Å². The number of para-hydroxylation sites is 1. The number of rotatable bonds is 2. The Balaban J connectivity index is 1.71. The van der Waals surface area contributed by atoms with E-state index in [1.807, 2.05) is 48.5 Å². The average Bonchev–Trinajstić information content (AvgIpc) is 2.93. The molecule has 0 aliphatic carbocycles. The summed E-state index contributed by atoms with van der Waals surface area (Å²) in [6, 6.07) is 20.5. The van der Waals surface area contributed by atoms with E-state index in [0.29, 0.717) is 11.3 Å². The Morgan fingerprint density at radius 3 is 2.57 bits per heavy atom. The quantitative estimate of drug-likeness (QED) is 0.250. The van der Waals surface area contributed by atoms with Gasteiger partial charge in [0.2, 0.25) is 0 Å². The van der Waals surface area contributed by atoms with Crippen LogP contribution in [0.2, 0.25) is 0 Å². The Labute approximate surface area is 146 Å². The van der Waals surface area contributed by atoms with Gasteiger partial charge < -0.3 is 9.15 Å². The molecule has 0 saturated carbocycles. The standard InChI is InChI=1S/C19H11IO3/c20-13-5-3-4-12(10-13)19(21)22-14-8-9-18-16(11-14)15-6-1-2-7-17(15)23-18/h1-11H. The van der Waals surface area contributed by atoms with Crippen molar-refractivity contribution in [2.75, 3.05) is 0 Å². The van der Waals surface area contributed by atoms with E-state index in [2.05, 4.69) is 22.6 Å². The molecule has 3 nitrogen and oxygen atoms in total. The minimum absolute atomic E-state index is 0.365. The summed E-state index contributed by atoms with van der Waals surface area (Å²) in [7, 11) is 0. The molecule has 0 unspecified atom stereocenters. The summed E-state index contributed by atoms with van der Waals surface area (Å²) in [4.78, 5) is 12.3. The van der Waals surface area contributed by atoms with Gasteiger partial charge in [0.1, 0.15) is 16.9 Å². The third kappa shape index (κ3) is 2.70. The lowest BCUT2D eigenvalue weighted by molar-refractivity contribution is 0.0735. The third-order valence-corrected chi connectivity index (χ3v) is 4.29. The maximum Gasteiger partial charge on any atom is 0.343 e. The second-order valence-electron chi connectivity index (χ2n) is 5.16. The highest BCUT2D eigenvalue weighted by Crippen LogP contribution is 2.31. The number of esters is 1. The average molecular weight is 414 g/mol. The minimum Gasteiger partial charge on any atom is -0.456 e. The second-order valence-corrected chi connectivity index (χ2v) is 6.40. The van der Waals surface area contributed by atoms with Crippen LogP contribution in [0.4, 0.5) is 0 Å². The fraction of sp³-hybridized carbons (Fsp3) is 0. The highest BCUT2D eigenvalue weighted by Gasteiger charge is 2.11. The molecule has 0 amide bonds. The van der Waals surface area contributed by atoms with Gasteiger partial charge in [-0.15, -0.1) is 0 Å². The van der Waals surface area contributed by atoms with Crippen molar-refractivity contribution in [2.45, 2.75) is 0 Å². The van der Waals surface area contributed by atoms with E-state index in [4.69, 9.17) is 9.15 Å². The molecular formula is C19H11IO3. The number of carbonyl (C=O) groups excluding carboxylic acids is 1. The molecule has 4 heteroatoms. The largest absolute Gasteiger partial charge is 0.456 e. The first kappa shape index (κ1) is 14.3. The molecule has 0 saturated heterocycles. The van der Waals surface area contributed by atoms with E-state index < -0.39 is 0 Å². The minimum atomic E-state index is -0.365. The summed E-state index contributed by atoms with van der Waals surface area (Å²) in [6.45, 7) is 0. The predicted octanol–water partition coefficient (Wildman–Crippen LogP) is 5.41. The summed E-state index contributed by atoms with van der Waals surface area (Å²) in [5.41, 5.74) is 2.14. The molecule has 0 aliphatic heterocycles. The monoisotopic (exact) mass is 414 g/mol. The molecule has 0 N–H and O–H groups in total. The van der Waals surface area contributed by atoms with Crippen molar-refractivity contribution in [1.82, 2.24) is 0 Å². The maximum atomic E-state index is 12.3. The first-order chi connectivity index (χ1) is 11.2. The number of furan rings is 1. The number of hydrogen-bond acceptors (Lipinski definition) is 3. The van der Waals surface area contributed by atoms with Gasteiger partial charge in [0.05, 0.1) is 5.56 Å². The van der Waals surface area contributed by atoms with Crippen LogP contribution < -0.4 is 4.74 Å². The summed E-state index contributed by atoms with van der Waals surface area (Å²) in [6.07, 6.45) is 0. The summed E-state index contributed by atoms with van der Waals surface area (Å²) >= 11 is 2.17. The molecule has 4 aromatic rings. The zero-order valence-electron chi connectivity index (χ0n) is 12.0. The van der Waals surface area contributed by atoms with Gasteiger partial charge in [-0.2, -0.15) is 0 Å². The van der Waals surface area contributed by atoms with Crippen molar-refractivity contribution in [2.24, 2.45) is 0 Å². The lowest BCUT2D eigenvalue weighted by Crippen LogP contribution is -2.08. The van der Waals surface area contributed by atoms with E-state index in [9.17, 15) is 4.79 Å². The van der Waals surface area contributed by atoms with Crippen molar-refractivity contribution in [3.05, 3.63) is 75.9 Å². The van der Waals surface area contributed by atoms with Crippen LogP contribution in [0.15, 0.2) is 71.1 Å². The van der Waals surface area contributed by atoms with Gasteiger partial charge in [-0.05, 0) is 65.1 Å². The fourth-order valence-electron chi connectivity index (χ4n) is 2.55. The van der Waals surface area contributed by atoms with E-state index in [1.165, 1.54) is 0 Å². The fourth-order valence-corrected chi connectivity index (χ4v) is 3.09. The zero-order chi connectivity index (χ0) is 15.8. The Hall–Kier alpha value is -2.34. The topological polar surface area (TPSA) is 39.4 Å². The molecule has 0 bridgehead atoms. The van der Waals surface area contributed by atoms with Crippen molar-refractivity contribution in [1.29, 1.82) is 0 Å². The van der Waals surface area contributed by atoms with Gasteiger partial charge >= 0.3 is 5.97 Å². The summed E-state index contributed by atoms with van der Waals surface area (Å²) in [5, 5.41) is 1.95. The van der Waals surface area contributed by atoms with E-state index in [1.54, 1.807) is 18.2 Å². The van der Waals surface area contributed by atoms with Crippen LogP contribution in [0.25, 0.3) is 21.9 Å². The molecule has 23 heavy (non-hydrogen) atoms. The predicted molar refractivity (Wildman–Crippen MR) is 97.8 cm³/mol. The number of ether oxygens (including phenoxy) is 1. The molecule has 0 fully saturated rings. The summed E-state index contributed by atoms with van der Waals surface area (Å²) in [5.74, 6) is 0.142. The van der Waals surface area contributed by atoms with E-state index in [0.717, 1.165) is 25.5 Å². The summed E-state index contributed by atoms with van der Waals surface area (Å²) < 4.78 is 12.3. The zero-order valence-corrected chi connectivity index (χ0v) is 14.1. The van der Waals surface area contributed by atoms with Crippen molar-refractivity contribution >= 4 is 50.5 Å². The van der Waals surface area contributed by atoms with Gasteiger partial charge in [0, 0.05) is 14.3 Å².